The molecule has 162 valence electrons. The molecule has 8 nitrogen and oxygen atoms in total. The van der Waals surface area contributed by atoms with Crippen LogP contribution in [0.3, 0.4) is 0 Å². The first-order valence-corrected chi connectivity index (χ1v) is 9.69. The Kier molecular flexibility index (Phi) is 10.2. The Hall–Kier alpha value is -2.61. The third kappa shape index (κ3) is 10.5. The number of nitrogens with one attached hydrogen (secondary N) is 1. The first kappa shape index (κ1) is 24.4. The summed E-state index contributed by atoms with van der Waals surface area (Å²) in [7, 11) is 0. The molecule has 0 fully saturated rings. The van der Waals surface area contributed by atoms with Crippen LogP contribution in [-0.4, -0.2) is 60.8 Å². The van der Waals surface area contributed by atoms with Crippen LogP contribution in [0.2, 0.25) is 0 Å². The average molecular weight is 408 g/mol. The molecule has 29 heavy (non-hydrogen) atoms. The van der Waals surface area contributed by atoms with E-state index in [0.29, 0.717) is 6.61 Å². The minimum atomic E-state index is -0.931. The lowest BCUT2D eigenvalue weighted by Gasteiger charge is -2.27. The fourth-order valence-electron chi connectivity index (χ4n) is 2.42. The predicted molar refractivity (Wildman–Crippen MR) is 108 cm³/mol. The van der Waals surface area contributed by atoms with E-state index < -0.39 is 29.6 Å². The number of hydrogen-bond acceptors (Lipinski definition) is 6. The minimum absolute atomic E-state index is 0.106. The van der Waals surface area contributed by atoms with E-state index in [9.17, 15) is 14.4 Å². The number of carbonyl (C=O) groups excluding carboxylic acids is 3. The van der Waals surface area contributed by atoms with E-state index in [1.807, 2.05) is 30.3 Å². The average Bonchev–Trinajstić information content (AvgIpc) is 2.63. The third-order valence-electron chi connectivity index (χ3n) is 3.61. The van der Waals surface area contributed by atoms with Crippen LogP contribution in [0.1, 0.15) is 40.2 Å². The minimum Gasteiger partial charge on any atom is -0.459 e. The fourth-order valence-corrected chi connectivity index (χ4v) is 2.42. The molecule has 0 unspecified atom stereocenters. The highest BCUT2D eigenvalue weighted by Crippen LogP contribution is 2.07. The number of ether oxygens (including phenoxy) is 3. The third-order valence-corrected chi connectivity index (χ3v) is 3.61. The van der Waals surface area contributed by atoms with Gasteiger partial charge in [-0.25, -0.2) is 9.59 Å². The Labute approximate surface area is 172 Å². The first-order chi connectivity index (χ1) is 13.6. The number of carbonyl (C=O) groups is 3. The first-order valence-electron chi connectivity index (χ1n) is 9.69. The van der Waals surface area contributed by atoms with Gasteiger partial charge in [0.15, 0.2) is 0 Å². The highest BCUT2D eigenvalue weighted by Gasteiger charge is 2.26. The van der Waals surface area contributed by atoms with Crippen LogP contribution in [0.5, 0.6) is 0 Å². The number of nitrogens with zero attached hydrogens (tertiary/aromatic N) is 1. The molecule has 0 heterocycles. The molecule has 0 aliphatic carbocycles. The Morgan fingerprint density at radius 2 is 1.79 bits per heavy atom. The van der Waals surface area contributed by atoms with Crippen LogP contribution in [0.25, 0.3) is 0 Å². The van der Waals surface area contributed by atoms with Gasteiger partial charge < -0.3 is 24.4 Å². The van der Waals surface area contributed by atoms with Crippen molar-refractivity contribution in [3.8, 4) is 0 Å². The van der Waals surface area contributed by atoms with Gasteiger partial charge >= 0.3 is 18.0 Å². The van der Waals surface area contributed by atoms with Crippen LogP contribution in [0.15, 0.2) is 30.3 Å². The van der Waals surface area contributed by atoms with Crippen molar-refractivity contribution in [1.82, 2.24) is 10.2 Å². The Morgan fingerprint density at radius 3 is 2.38 bits per heavy atom. The number of hydrogen-bond donors (Lipinski definition) is 1. The molecular weight excluding hydrogens is 376 g/mol. The van der Waals surface area contributed by atoms with Gasteiger partial charge in [0.05, 0.1) is 19.8 Å². The van der Waals surface area contributed by atoms with Crippen molar-refractivity contribution in [2.45, 2.75) is 52.9 Å². The van der Waals surface area contributed by atoms with E-state index in [4.69, 9.17) is 14.2 Å². The second-order valence-corrected chi connectivity index (χ2v) is 7.56. The van der Waals surface area contributed by atoms with Crippen molar-refractivity contribution in [3.63, 3.8) is 0 Å². The Morgan fingerprint density at radius 1 is 1.14 bits per heavy atom. The van der Waals surface area contributed by atoms with Gasteiger partial charge in [-0.15, -0.1) is 0 Å². The zero-order valence-electron chi connectivity index (χ0n) is 17.9. The smallest absolute Gasteiger partial charge is 0.407 e. The van der Waals surface area contributed by atoms with Gasteiger partial charge in [0.25, 0.3) is 0 Å². The van der Waals surface area contributed by atoms with Crippen molar-refractivity contribution in [2.24, 2.45) is 0 Å². The molecule has 0 saturated heterocycles. The van der Waals surface area contributed by atoms with Gasteiger partial charge in [0, 0.05) is 19.1 Å². The summed E-state index contributed by atoms with van der Waals surface area (Å²) in [6, 6.07) is 9.20. The lowest BCUT2D eigenvalue weighted by molar-refractivity contribution is -0.160. The summed E-state index contributed by atoms with van der Waals surface area (Å²) < 4.78 is 15.6. The van der Waals surface area contributed by atoms with E-state index in [1.54, 1.807) is 34.6 Å². The molecule has 0 aliphatic rings. The van der Waals surface area contributed by atoms with Gasteiger partial charge in [0.1, 0.15) is 5.60 Å². The molecule has 2 amide bonds. The summed E-state index contributed by atoms with van der Waals surface area (Å²) in [5, 5.41) is 2.66. The van der Waals surface area contributed by atoms with E-state index in [1.165, 1.54) is 4.90 Å². The maximum atomic E-state index is 12.4. The number of alkyl carbamates (subject to hydrolysis) is 1. The second kappa shape index (κ2) is 12.1. The Balaban J connectivity index is 2.61. The van der Waals surface area contributed by atoms with E-state index in [-0.39, 0.29) is 26.3 Å². The molecule has 1 aromatic carbocycles. The zero-order valence-corrected chi connectivity index (χ0v) is 17.9. The largest absolute Gasteiger partial charge is 0.459 e. The summed E-state index contributed by atoms with van der Waals surface area (Å²) in [5.74, 6) is -1.70. The quantitative estimate of drug-likeness (QED) is 0.383. The number of amides is 2. The van der Waals surface area contributed by atoms with Crippen LogP contribution < -0.4 is 5.32 Å². The van der Waals surface area contributed by atoms with Crippen LogP contribution in [0.4, 0.5) is 4.79 Å². The lowest BCUT2D eigenvalue weighted by atomic mass is 10.2. The molecule has 0 radical (unpaired) electrons. The molecule has 1 N–H and O–H groups in total. The maximum Gasteiger partial charge on any atom is 0.407 e. The molecule has 0 bridgehead atoms. The maximum absolute atomic E-state index is 12.4. The van der Waals surface area contributed by atoms with E-state index in [0.717, 1.165) is 5.56 Å². The fraction of sp³-hybridized carbons (Fsp3) is 0.571. The SMILES string of the molecule is CCOC(=O)C(=O)N(CCOCc1ccccc1)C[C@H](C)NC(=O)OC(C)(C)C. The monoisotopic (exact) mass is 408 g/mol. The molecule has 0 aliphatic heterocycles. The normalized spacial score (nSPS) is 12.0. The van der Waals surface area contributed by atoms with Gasteiger partial charge in [-0.1, -0.05) is 30.3 Å². The summed E-state index contributed by atoms with van der Waals surface area (Å²) in [5.41, 5.74) is 0.380. The van der Waals surface area contributed by atoms with Crippen LogP contribution >= 0.6 is 0 Å². The van der Waals surface area contributed by atoms with E-state index >= 15 is 0 Å². The molecular formula is C21H32N2O6. The van der Waals surface area contributed by atoms with Crippen molar-refractivity contribution >= 4 is 18.0 Å². The lowest BCUT2D eigenvalue weighted by Crippen LogP contribution is -2.48. The highest BCUT2D eigenvalue weighted by atomic mass is 16.6. The standard InChI is InChI=1S/C21H32N2O6/c1-6-28-19(25)18(24)23(12-13-27-15-17-10-8-7-9-11-17)14-16(2)22-20(26)29-21(3,4)5/h7-11,16H,6,12-15H2,1-5H3,(H,22,26)/t16-/m0/s1. The predicted octanol–water partition coefficient (Wildman–Crippen LogP) is 2.51. The topological polar surface area (TPSA) is 94.2 Å². The van der Waals surface area contributed by atoms with Crippen molar-refractivity contribution in [3.05, 3.63) is 35.9 Å². The zero-order chi connectivity index (χ0) is 21.9. The van der Waals surface area contributed by atoms with Crippen LogP contribution in [0, 0.1) is 0 Å². The molecule has 1 atom stereocenters. The Bertz CT molecular complexity index is 657. The summed E-state index contributed by atoms with van der Waals surface area (Å²) in [4.78, 5) is 37.5. The van der Waals surface area contributed by atoms with Crippen LogP contribution in [-0.2, 0) is 30.4 Å². The summed E-state index contributed by atoms with van der Waals surface area (Å²) in [6.07, 6.45) is -0.589. The molecule has 0 aromatic heterocycles. The number of rotatable bonds is 9. The summed E-state index contributed by atoms with van der Waals surface area (Å²) >= 11 is 0. The second-order valence-electron chi connectivity index (χ2n) is 7.56. The summed E-state index contributed by atoms with van der Waals surface area (Å²) in [6.45, 7) is 9.68. The van der Waals surface area contributed by atoms with Crippen molar-refractivity contribution in [1.29, 1.82) is 0 Å². The molecule has 0 spiro atoms. The van der Waals surface area contributed by atoms with E-state index in [2.05, 4.69) is 5.32 Å². The van der Waals surface area contributed by atoms with Gasteiger partial charge in [-0.2, -0.15) is 0 Å². The van der Waals surface area contributed by atoms with Gasteiger partial charge in [-0.05, 0) is 40.2 Å². The van der Waals surface area contributed by atoms with Crippen molar-refractivity contribution < 1.29 is 28.6 Å². The van der Waals surface area contributed by atoms with Crippen molar-refractivity contribution in [2.75, 3.05) is 26.3 Å². The molecule has 1 rings (SSSR count). The van der Waals surface area contributed by atoms with Gasteiger partial charge in [0.2, 0.25) is 0 Å². The number of benzene rings is 1. The molecule has 8 heteroatoms. The van der Waals surface area contributed by atoms with Gasteiger partial charge in [-0.3, -0.25) is 4.79 Å². The highest BCUT2D eigenvalue weighted by molar-refractivity contribution is 6.32. The number of esters is 1. The molecule has 0 saturated carbocycles. The molecule has 1 aromatic rings.